The summed E-state index contributed by atoms with van der Waals surface area (Å²) in [6.07, 6.45) is 0.866. The second-order valence-electron chi connectivity index (χ2n) is 8.50. The Labute approximate surface area is 195 Å². The molecular weight excluding hydrogens is 412 g/mol. The quantitative estimate of drug-likeness (QED) is 0.528. The van der Waals surface area contributed by atoms with E-state index in [-0.39, 0.29) is 11.7 Å². The molecule has 1 fully saturated rings. The fourth-order valence-corrected chi connectivity index (χ4v) is 4.25. The number of carbonyl (C=O) groups is 2. The standard InChI is InChI=1S/C28H30N2O3/c1-20-9-10-22(19-21(20)2)27(31)25-7-4-5-8-26(25)28(32)30-16-6-15-29(17-18-30)23-11-13-24(33-3)14-12-23/h4-5,7-14,19H,6,15-18H2,1-3H3. The molecule has 1 saturated heterocycles. The molecule has 5 heteroatoms. The van der Waals surface area contributed by atoms with Gasteiger partial charge in [0.1, 0.15) is 5.75 Å². The number of ether oxygens (including phenoxy) is 1. The van der Waals surface area contributed by atoms with Gasteiger partial charge in [-0.3, -0.25) is 9.59 Å². The summed E-state index contributed by atoms with van der Waals surface area (Å²) < 4.78 is 5.25. The van der Waals surface area contributed by atoms with Crippen LogP contribution in [-0.2, 0) is 0 Å². The zero-order valence-corrected chi connectivity index (χ0v) is 19.5. The highest BCUT2D eigenvalue weighted by atomic mass is 16.5. The first-order valence-electron chi connectivity index (χ1n) is 11.4. The molecule has 1 heterocycles. The van der Waals surface area contributed by atoms with Crippen LogP contribution in [0.15, 0.2) is 66.7 Å². The minimum atomic E-state index is -0.114. The highest BCUT2D eigenvalue weighted by molar-refractivity contribution is 6.15. The molecule has 0 N–H and O–H groups in total. The van der Waals surface area contributed by atoms with E-state index in [1.165, 1.54) is 0 Å². The minimum Gasteiger partial charge on any atom is -0.497 e. The van der Waals surface area contributed by atoms with E-state index < -0.39 is 0 Å². The fraction of sp³-hybridized carbons (Fsp3) is 0.286. The number of ketones is 1. The molecule has 1 amide bonds. The Morgan fingerprint density at radius 1 is 0.788 bits per heavy atom. The topological polar surface area (TPSA) is 49.9 Å². The number of hydrogen-bond donors (Lipinski definition) is 0. The van der Waals surface area contributed by atoms with Gasteiger partial charge in [-0.1, -0.05) is 30.3 Å². The maximum atomic E-state index is 13.5. The number of anilines is 1. The molecule has 1 aliphatic heterocycles. The molecule has 170 valence electrons. The van der Waals surface area contributed by atoms with Crippen LogP contribution in [0.3, 0.4) is 0 Å². The van der Waals surface area contributed by atoms with Crippen molar-refractivity contribution in [3.05, 3.63) is 94.5 Å². The van der Waals surface area contributed by atoms with Crippen molar-refractivity contribution in [1.82, 2.24) is 4.90 Å². The third-order valence-electron chi connectivity index (χ3n) is 6.39. The highest BCUT2D eigenvalue weighted by Crippen LogP contribution is 2.23. The Morgan fingerprint density at radius 2 is 1.52 bits per heavy atom. The van der Waals surface area contributed by atoms with Crippen molar-refractivity contribution in [2.24, 2.45) is 0 Å². The van der Waals surface area contributed by atoms with Gasteiger partial charge in [0.25, 0.3) is 5.91 Å². The van der Waals surface area contributed by atoms with Gasteiger partial charge < -0.3 is 14.5 Å². The van der Waals surface area contributed by atoms with Crippen LogP contribution in [0.1, 0.15) is 43.8 Å². The summed E-state index contributed by atoms with van der Waals surface area (Å²) in [5, 5.41) is 0. The molecule has 0 saturated carbocycles. The molecule has 5 nitrogen and oxygen atoms in total. The van der Waals surface area contributed by atoms with Gasteiger partial charge in [0.15, 0.2) is 5.78 Å². The lowest BCUT2D eigenvalue weighted by Gasteiger charge is -2.24. The van der Waals surface area contributed by atoms with E-state index in [2.05, 4.69) is 4.90 Å². The monoisotopic (exact) mass is 442 g/mol. The lowest BCUT2D eigenvalue weighted by atomic mass is 9.95. The third kappa shape index (κ3) is 4.92. The lowest BCUT2D eigenvalue weighted by Crippen LogP contribution is -2.36. The maximum absolute atomic E-state index is 13.5. The first-order chi connectivity index (χ1) is 16.0. The van der Waals surface area contributed by atoms with E-state index in [0.29, 0.717) is 29.8 Å². The van der Waals surface area contributed by atoms with Crippen molar-refractivity contribution in [2.45, 2.75) is 20.3 Å². The summed E-state index contributed by atoms with van der Waals surface area (Å²) >= 11 is 0. The minimum absolute atomic E-state index is 0.0839. The second kappa shape index (κ2) is 9.90. The van der Waals surface area contributed by atoms with Crippen LogP contribution in [0.25, 0.3) is 0 Å². The van der Waals surface area contributed by atoms with Crippen LogP contribution >= 0.6 is 0 Å². The van der Waals surface area contributed by atoms with Crippen LogP contribution in [-0.4, -0.2) is 49.9 Å². The van der Waals surface area contributed by atoms with E-state index in [4.69, 9.17) is 4.74 Å². The average molecular weight is 443 g/mol. The molecule has 0 unspecified atom stereocenters. The van der Waals surface area contributed by atoms with E-state index in [1.807, 2.05) is 73.3 Å². The highest BCUT2D eigenvalue weighted by Gasteiger charge is 2.25. The normalized spacial score (nSPS) is 14.0. The van der Waals surface area contributed by atoms with E-state index >= 15 is 0 Å². The molecule has 0 radical (unpaired) electrons. The molecule has 0 bridgehead atoms. The maximum Gasteiger partial charge on any atom is 0.254 e. The van der Waals surface area contributed by atoms with Gasteiger partial charge in [0, 0.05) is 43.0 Å². The molecule has 0 atom stereocenters. The molecule has 3 aromatic rings. The van der Waals surface area contributed by atoms with E-state index in [0.717, 1.165) is 42.1 Å². The largest absolute Gasteiger partial charge is 0.497 e. The van der Waals surface area contributed by atoms with Crippen molar-refractivity contribution in [3.63, 3.8) is 0 Å². The van der Waals surface area contributed by atoms with Gasteiger partial charge in [-0.05, 0) is 67.8 Å². The van der Waals surface area contributed by atoms with Crippen LogP contribution in [0.2, 0.25) is 0 Å². The van der Waals surface area contributed by atoms with E-state index in [1.54, 1.807) is 19.2 Å². The number of amides is 1. The van der Waals surface area contributed by atoms with Gasteiger partial charge in [0.2, 0.25) is 0 Å². The lowest BCUT2D eigenvalue weighted by molar-refractivity contribution is 0.0762. The van der Waals surface area contributed by atoms with Crippen molar-refractivity contribution in [2.75, 3.05) is 38.2 Å². The molecule has 33 heavy (non-hydrogen) atoms. The first kappa shape index (κ1) is 22.6. The van der Waals surface area contributed by atoms with Gasteiger partial charge in [-0.15, -0.1) is 0 Å². The Bertz CT molecular complexity index is 1150. The summed E-state index contributed by atoms with van der Waals surface area (Å²) in [6.45, 7) is 6.91. The number of carbonyl (C=O) groups excluding carboxylic acids is 2. The number of methoxy groups -OCH3 is 1. The van der Waals surface area contributed by atoms with Gasteiger partial charge in [-0.25, -0.2) is 0 Å². The Morgan fingerprint density at radius 3 is 2.21 bits per heavy atom. The van der Waals surface area contributed by atoms with E-state index in [9.17, 15) is 9.59 Å². The number of aryl methyl sites for hydroxylation is 2. The molecule has 0 aromatic heterocycles. The summed E-state index contributed by atoms with van der Waals surface area (Å²) in [4.78, 5) is 30.9. The summed E-state index contributed by atoms with van der Waals surface area (Å²) in [6, 6.07) is 20.9. The van der Waals surface area contributed by atoms with Crippen LogP contribution in [0.5, 0.6) is 5.75 Å². The molecule has 1 aliphatic rings. The smallest absolute Gasteiger partial charge is 0.254 e. The third-order valence-corrected chi connectivity index (χ3v) is 6.39. The van der Waals surface area contributed by atoms with Gasteiger partial charge in [0.05, 0.1) is 12.7 Å². The first-order valence-corrected chi connectivity index (χ1v) is 11.4. The van der Waals surface area contributed by atoms with Crippen LogP contribution in [0, 0.1) is 13.8 Å². The predicted molar refractivity (Wildman–Crippen MR) is 132 cm³/mol. The molecule has 0 spiro atoms. The molecule has 3 aromatic carbocycles. The average Bonchev–Trinajstić information content (AvgIpc) is 3.11. The molecular formula is C28H30N2O3. The number of benzene rings is 3. The van der Waals surface area contributed by atoms with Gasteiger partial charge in [-0.2, -0.15) is 0 Å². The Hall–Kier alpha value is -3.60. The summed E-state index contributed by atoms with van der Waals surface area (Å²) in [7, 11) is 1.66. The SMILES string of the molecule is COc1ccc(N2CCCN(C(=O)c3ccccc3C(=O)c3ccc(C)c(C)c3)CC2)cc1. The Kier molecular flexibility index (Phi) is 6.78. The van der Waals surface area contributed by atoms with Crippen molar-refractivity contribution in [3.8, 4) is 5.75 Å². The van der Waals surface area contributed by atoms with Crippen LogP contribution < -0.4 is 9.64 Å². The predicted octanol–water partition coefficient (Wildman–Crippen LogP) is 4.90. The molecule has 4 rings (SSSR count). The summed E-state index contributed by atoms with van der Waals surface area (Å²) in [5.74, 6) is 0.631. The Balaban J connectivity index is 1.52. The fourth-order valence-electron chi connectivity index (χ4n) is 4.25. The number of rotatable bonds is 5. The van der Waals surface area contributed by atoms with Crippen molar-refractivity contribution >= 4 is 17.4 Å². The van der Waals surface area contributed by atoms with Crippen molar-refractivity contribution < 1.29 is 14.3 Å². The number of hydrogen-bond acceptors (Lipinski definition) is 4. The second-order valence-corrected chi connectivity index (χ2v) is 8.50. The number of nitrogens with zero attached hydrogens (tertiary/aromatic N) is 2. The molecule has 0 aliphatic carbocycles. The van der Waals surface area contributed by atoms with Gasteiger partial charge >= 0.3 is 0 Å². The van der Waals surface area contributed by atoms with Crippen LogP contribution in [0.4, 0.5) is 5.69 Å². The zero-order chi connectivity index (χ0) is 23.4. The summed E-state index contributed by atoms with van der Waals surface area (Å²) in [5.41, 5.74) is 4.87. The zero-order valence-electron chi connectivity index (χ0n) is 19.5. The van der Waals surface area contributed by atoms with Crippen molar-refractivity contribution in [1.29, 1.82) is 0 Å².